The normalized spacial score (nSPS) is 11.8. The Morgan fingerprint density at radius 2 is 2.00 bits per heavy atom. The first-order valence-electron chi connectivity index (χ1n) is 7.96. The van der Waals surface area contributed by atoms with Gasteiger partial charge in [0, 0.05) is 28.9 Å². The van der Waals surface area contributed by atoms with Crippen LogP contribution in [-0.4, -0.2) is 22.9 Å². The number of nitro benzene ring substituents is 1. The zero-order valence-electron chi connectivity index (χ0n) is 14.6. The number of aryl methyl sites for hydroxylation is 1. The first-order valence-corrected chi connectivity index (χ1v) is 8.34. The van der Waals surface area contributed by atoms with Crippen LogP contribution in [0.4, 0.5) is 11.4 Å². The fourth-order valence-electron chi connectivity index (χ4n) is 2.14. The minimum Gasteiger partial charge on any atom is -0.449 e. The third kappa shape index (κ3) is 5.93. The number of halogens is 1. The summed E-state index contributed by atoms with van der Waals surface area (Å²) in [5.74, 6) is -1.25. The van der Waals surface area contributed by atoms with Crippen LogP contribution in [0.15, 0.2) is 48.5 Å². The van der Waals surface area contributed by atoms with Crippen LogP contribution >= 0.6 is 11.6 Å². The number of ether oxygens (including phenoxy) is 1. The SMILES string of the molecule is Cc1ccc(Cl)cc1NC(=O)C(C)OC(=O)/C=C/c1cccc([N+](=O)[O-])c1. The third-order valence-electron chi connectivity index (χ3n) is 3.61. The van der Waals surface area contributed by atoms with Crippen molar-refractivity contribution in [2.24, 2.45) is 0 Å². The minimum atomic E-state index is -1.04. The first kappa shape index (κ1) is 20.1. The average Bonchev–Trinajstić information content (AvgIpc) is 2.63. The van der Waals surface area contributed by atoms with Gasteiger partial charge in [-0.05, 0) is 43.2 Å². The molecule has 2 rings (SSSR count). The van der Waals surface area contributed by atoms with Gasteiger partial charge in [0.2, 0.25) is 0 Å². The monoisotopic (exact) mass is 388 g/mol. The lowest BCUT2D eigenvalue weighted by Gasteiger charge is -2.14. The van der Waals surface area contributed by atoms with E-state index in [1.807, 2.05) is 6.92 Å². The van der Waals surface area contributed by atoms with Crippen LogP contribution in [0.2, 0.25) is 5.02 Å². The summed E-state index contributed by atoms with van der Waals surface area (Å²) in [6, 6.07) is 10.8. The summed E-state index contributed by atoms with van der Waals surface area (Å²) in [5.41, 5.74) is 1.72. The van der Waals surface area contributed by atoms with Gasteiger partial charge in [0.25, 0.3) is 11.6 Å². The minimum absolute atomic E-state index is 0.0878. The molecule has 0 aliphatic carbocycles. The van der Waals surface area contributed by atoms with Crippen LogP contribution in [0.1, 0.15) is 18.1 Å². The summed E-state index contributed by atoms with van der Waals surface area (Å²) < 4.78 is 5.05. The van der Waals surface area contributed by atoms with Crippen molar-refractivity contribution in [2.45, 2.75) is 20.0 Å². The molecule has 0 fully saturated rings. The highest BCUT2D eigenvalue weighted by molar-refractivity contribution is 6.31. The van der Waals surface area contributed by atoms with Crippen molar-refractivity contribution in [2.75, 3.05) is 5.32 Å². The summed E-state index contributed by atoms with van der Waals surface area (Å²) >= 11 is 5.91. The average molecular weight is 389 g/mol. The van der Waals surface area contributed by atoms with Crippen LogP contribution in [-0.2, 0) is 14.3 Å². The maximum atomic E-state index is 12.2. The van der Waals surface area contributed by atoms with Crippen molar-refractivity contribution in [1.82, 2.24) is 0 Å². The van der Waals surface area contributed by atoms with Gasteiger partial charge in [0.1, 0.15) is 0 Å². The van der Waals surface area contributed by atoms with Gasteiger partial charge in [-0.3, -0.25) is 14.9 Å². The van der Waals surface area contributed by atoms with Gasteiger partial charge in [0.15, 0.2) is 6.10 Å². The number of amides is 1. The number of carbonyl (C=O) groups excluding carboxylic acids is 2. The molecule has 2 aromatic carbocycles. The number of nitrogens with one attached hydrogen (secondary N) is 1. The Labute approximate surface area is 160 Å². The zero-order valence-corrected chi connectivity index (χ0v) is 15.4. The van der Waals surface area contributed by atoms with Crippen LogP contribution in [0.3, 0.4) is 0 Å². The van der Waals surface area contributed by atoms with Gasteiger partial charge in [-0.2, -0.15) is 0 Å². The number of nitrogens with zero attached hydrogens (tertiary/aromatic N) is 1. The molecule has 0 heterocycles. The highest BCUT2D eigenvalue weighted by Gasteiger charge is 2.17. The number of hydrogen-bond acceptors (Lipinski definition) is 5. The quantitative estimate of drug-likeness (QED) is 0.347. The van der Waals surface area contributed by atoms with E-state index in [0.717, 1.165) is 11.6 Å². The molecule has 27 heavy (non-hydrogen) atoms. The fourth-order valence-corrected chi connectivity index (χ4v) is 2.31. The van der Waals surface area contributed by atoms with Gasteiger partial charge < -0.3 is 10.1 Å². The van der Waals surface area contributed by atoms with E-state index in [9.17, 15) is 19.7 Å². The molecular formula is C19H17ClN2O5. The Kier molecular flexibility index (Phi) is 6.67. The molecule has 7 nitrogen and oxygen atoms in total. The Bertz CT molecular complexity index is 911. The van der Waals surface area contributed by atoms with Crippen LogP contribution in [0.25, 0.3) is 6.08 Å². The maximum Gasteiger partial charge on any atom is 0.331 e. The molecule has 2 aromatic rings. The second kappa shape index (κ2) is 8.95. The first-order chi connectivity index (χ1) is 12.8. The fraction of sp³-hybridized carbons (Fsp3) is 0.158. The van der Waals surface area contributed by atoms with Gasteiger partial charge in [0.05, 0.1) is 4.92 Å². The summed E-state index contributed by atoms with van der Waals surface area (Å²) in [6.07, 6.45) is 1.44. The Morgan fingerprint density at radius 1 is 1.26 bits per heavy atom. The van der Waals surface area contributed by atoms with Crippen LogP contribution in [0.5, 0.6) is 0 Å². The van der Waals surface area contributed by atoms with Crippen LogP contribution < -0.4 is 5.32 Å². The molecule has 0 aliphatic heterocycles. The van der Waals surface area contributed by atoms with Crippen molar-refractivity contribution >= 4 is 40.9 Å². The van der Waals surface area contributed by atoms with E-state index in [1.54, 1.807) is 24.3 Å². The lowest BCUT2D eigenvalue weighted by atomic mass is 10.2. The zero-order chi connectivity index (χ0) is 20.0. The van der Waals surface area contributed by atoms with Crippen molar-refractivity contribution in [3.05, 3.63) is 74.8 Å². The summed E-state index contributed by atoms with van der Waals surface area (Å²) in [7, 11) is 0. The number of rotatable bonds is 6. The smallest absolute Gasteiger partial charge is 0.331 e. The van der Waals surface area contributed by atoms with E-state index < -0.39 is 22.9 Å². The molecule has 8 heteroatoms. The Balaban J connectivity index is 1.96. The van der Waals surface area contributed by atoms with Gasteiger partial charge in [-0.25, -0.2) is 4.79 Å². The van der Waals surface area contributed by atoms with E-state index in [2.05, 4.69) is 5.32 Å². The standard InChI is InChI=1S/C19H17ClN2O5/c1-12-6-8-15(20)11-17(12)21-19(24)13(2)27-18(23)9-7-14-4-3-5-16(10-14)22(25)26/h3-11,13H,1-2H3,(H,21,24)/b9-7+. The summed E-state index contributed by atoms with van der Waals surface area (Å²) in [4.78, 5) is 34.3. The number of esters is 1. The molecule has 140 valence electrons. The molecule has 0 bridgehead atoms. The Morgan fingerprint density at radius 3 is 2.70 bits per heavy atom. The third-order valence-corrected chi connectivity index (χ3v) is 3.85. The lowest BCUT2D eigenvalue weighted by molar-refractivity contribution is -0.384. The lowest BCUT2D eigenvalue weighted by Crippen LogP contribution is -2.29. The van der Waals surface area contributed by atoms with Crippen LogP contribution in [0, 0.1) is 17.0 Å². The van der Waals surface area contributed by atoms with Crippen molar-refractivity contribution in [3.63, 3.8) is 0 Å². The van der Waals surface area contributed by atoms with E-state index in [4.69, 9.17) is 16.3 Å². The maximum absolute atomic E-state index is 12.2. The topological polar surface area (TPSA) is 98.5 Å². The van der Waals surface area contributed by atoms with Crippen molar-refractivity contribution in [3.8, 4) is 0 Å². The highest BCUT2D eigenvalue weighted by atomic mass is 35.5. The highest BCUT2D eigenvalue weighted by Crippen LogP contribution is 2.20. The number of nitro groups is 1. The van der Waals surface area contributed by atoms with E-state index in [1.165, 1.54) is 31.2 Å². The second-order valence-corrected chi connectivity index (χ2v) is 6.15. The molecule has 0 aromatic heterocycles. The number of non-ortho nitro benzene ring substituents is 1. The molecule has 0 radical (unpaired) electrons. The number of hydrogen-bond donors (Lipinski definition) is 1. The summed E-state index contributed by atoms with van der Waals surface area (Å²) in [5, 5.41) is 13.9. The number of anilines is 1. The second-order valence-electron chi connectivity index (χ2n) is 5.71. The van der Waals surface area contributed by atoms with E-state index >= 15 is 0 Å². The molecule has 0 spiro atoms. The molecule has 1 N–H and O–H groups in total. The molecule has 0 saturated carbocycles. The summed E-state index contributed by atoms with van der Waals surface area (Å²) in [6.45, 7) is 3.25. The van der Waals surface area contributed by atoms with Gasteiger partial charge >= 0.3 is 5.97 Å². The predicted molar refractivity (Wildman–Crippen MR) is 103 cm³/mol. The predicted octanol–water partition coefficient (Wildman–Crippen LogP) is 4.14. The molecular weight excluding hydrogens is 372 g/mol. The molecule has 0 aliphatic rings. The van der Waals surface area contributed by atoms with Gasteiger partial charge in [-0.15, -0.1) is 0 Å². The Hall–Kier alpha value is -3.19. The van der Waals surface area contributed by atoms with Gasteiger partial charge in [-0.1, -0.05) is 29.8 Å². The number of carbonyl (C=O) groups is 2. The molecule has 1 atom stereocenters. The van der Waals surface area contributed by atoms with E-state index in [0.29, 0.717) is 16.3 Å². The van der Waals surface area contributed by atoms with Crippen molar-refractivity contribution < 1.29 is 19.2 Å². The van der Waals surface area contributed by atoms with E-state index in [-0.39, 0.29) is 5.69 Å². The largest absolute Gasteiger partial charge is 0.449 e. The molecule has 1 amide bonds. The van der Waals surface area contributed by atoms with Crippen molar-refractivity contribution in [1.29, 1.82) is 0 Å². The number of benzene rings is 2. The molecule has 0 saturated heterocycles. The molecule has 1 unspecified atom stereocenters.